The Labute approximate surface area is 109 Å². The van der Waals surface area contributed by atoms with Crippen molar-refractivity contribution in [1.29, 1.82) is 0 Å². The van der Waals surface area contributed by atoms with Gasteiger partial charge in [-0.1, -0.05) is 81.4 Å². The summed E-state index contributed by atoms with van der Waals surface area (Å²) in [6.07, 6.45) is 1.13. The smallest absolute Gasteiger partial charge is 0.00541 e. The second-order valence-corrected chi connectivity index (χ2v) is 5.64. The van der Waals surface area contributed by atoms with E-state index in [0.29, 0.717) is 0 Å². The summed E-state index contributed by atoms with van der Waals surface area (Å²) in [5.74, 6) is 0. The Kier molecular flexibility index (Phi) is 3.39. The fraction of sp³-hybridized carbons (Fsp3) is 0.0588. The molecule has 0 saturated heterocycles. The van der Waals surface area contributed by atoms with Gasteiger partial charge < -0.3 is 0 Å². The molecule has 0 spiro atoms. The first-order chi connectivity index (χ1) is 8.93. The molecule has 88 valence electrons. The van der Waals surface area contributed by atoms with Crippen molar-refractivity contribution in [3.63, 3.8) is 0 Å². The van der Waals surface area contributed by atoms with E-state index in [1.54, 1.807) is 0 Å². The van der Waals surface area contributed by atoms with E-state index < -0.39 is 0 Å². The van der Waals surface area contributed by atoms with Gasteiger partial charge in [-0.2, -0.15) is 0 Å². The number of benzene rings is 3. The summed E-state index contributed by atoms with van der Waals surface area (Å²) in [6, 6.07) is 26.0. The molecular weight excluding hydrogens is 235 g/mol. The quantitative estimate of drug-likeness (QED) is 0.606. The molecule has 0 fully saturated rings. The van der Waals surface area contributed by atoms with Crippen LogP contribution in [-0.4, -0.2) is 0 Å². The summed E-state index contributed by atoms with van der Waals surface area (Å²) >= 11 is 0. The van der Waals surface area contributed by atoms with Crippen LogP contribution in [0.5, 0.6) is 0 Å². The number of rotatable bonds is 3. The van der Waals surface area contributed by atoms with Crippen LogP contribution in [0.25, 0.3) is 10.8 Å². The van der Waals surface area contributed by atoms with E-state index >= 15 is 0 Å². The standard InChI is InChI=1S/C17H15P/c1-2-10-16(11-3-1)18-13-15-9-6-8-14-7-4-5-12-17(14)15/h1-12,18H,13H2. The zero-order chi connectivity index (χ0) is 12.2. The van der Waals surface area contributed by atoms with Gasteiger partial charge in [0.1, 0.15) is 0 Å². The fourth-order valence-electron chi connectivity index (χ4n) is 2.20. The molecule has 0 nitrogen and oxygen atoms in total. The molecule has 0 aliphatic heterocycles. The third kappa shape index (κ3) is 2.44. The maximum absolute atomic E-state index is 2.25. The van der Waals surface area contributed by atoms with E-state index in [2.05, 4.69) is 72.8 Å². The highest BCUT2D eigenvalue weighted by molar-refractivity contribution is 7.46. The maximum atomic E-state index is 2.25. The number of hydrogen-bond donors (Lipinski definition) is 0. The minimum Gasteiger partial charge on any atom is -0.0859 e. The first kappa shape index (κ1) is 11.4. The highest BCUT2D eigenvalue weighted by Gasteiger charge is 2.00. The van der Waals surface area contributed by atoms with E-state index in [-0.39, 0.29) is 0 Å². The van der Waals surface area contributed by atoms with Crippen molar-refractivity contribution < 1.29 is 0 Å². The Hall–Kier alpha value is -1.65. The lowest BCUT2D eigenvalue weighted by atomic mass is 10.1. The van der Waals surface area contributed by atoms with Gasteiger partial charge in [0.05, 0.1) is 0 Å². The second kappa shape index (κ2) is 5.33. The highest BCUT2D eigenvalue weighted by Crippen LogP contribution is 2.25. The van der Waals surface area contributed by atoms with Crippen LogP contribution in [0.15, 0.2) is 72.8 Å². The third-order valence-corrected chi connectivity index (χ3v) is 4.44. The van der Waals surface area contributed by atoms with Gasteiger partial charge in [-0.15, -0.1) is 0 Å². The number of fused-ring (bicyclic) bond motifs is 1. The lowest BCUT2D eigenvalue weighted by Crippen LogP contribution is -1.93. The molecule has 3 aromatic carbocycles. The zero-order valence-electron chi connectivity index (χ0n) is 10.1. The van der Waals surface area contributed by atoms with Gasteiger partial charge in [-0.05, 0) is 27.8 Å². The Morgan fingerprint density at radius 3 is 2.28 bits per heavy atom. The topological polar surface area (TPSA) is 0 Å². The van der Waals surface area contributed by atoms with Crippen LogP contribution in [-0.2, 0) is 6.16 Å². The minimum atomic E-state index is 0.845. The molecule has 3 rings (SSSR count). The largest absolute Gasteiger partial charge is 0.0859 e. The third-order valence-electron chi connectivity index (χ3n) is 3.14. The predicted octanol–water partition coefficient (Wildman–Crippen LogP) is 4.34. The molecular formula is C17H15P. The van der Waals surface area contributed by atoms with Crippen molar-refractivity contribution in [3.8, 4) is 0 Å². The van der Waals surface area contributed by atoms with E-state index in [1.807, 2.05) is 0 Å². The average molecular weight is 250 g/mol. The Balaban J connectivity index is 1.87. The molecule has 0 aliphatic rings. The Bertz CT molecular complexity index is 639. The molecule has 0 saturated carbocycles. The van der Waals surface area contributed by atoms with Gasteiger partial charge in [0.2, 0.25) is 0 Å². The van der Waals surface area contributed by atoms with Crippen molar-refractivity contribution in [3.05, 3.63) is 78.4 Å². The van der Waals surface area contributed by atoms with E-state index in [4.69, 9.17) is 0 Å². The molecule has 0 radical (unpaired) electrons. The lowest BCUT2D eigenvalue weighted by Gasteiger charge is -2.06. The molecule has 0 amide bonds. The first-order valence-electron chi connectivity index (χ1n) is 6.19. The van der Waals surface area contributed by atoms with Crippen molar-refractivity contribution in [1.82, 2.24) is 0 Å². The normalized spacial score (nSPS) is 11.3. The van der Waals surface area contributed by atoms with Crippen LogP contribution in [0.1, 0.15) is 5.56 Å². The van der Waals surface area contributed by atoms with E-state index in [1.165, 1.54) is 21.6 Å². The SMILES string of the molecule is c1ccc(PCc2cccc3ccccc23)cc1. The monoisotopic (exact) mass is 250 g/mol. The Morgan fingerprint density at radius 2 is 1.39 bits per heavy atom. The maximum Gasteiger partial charge on any atom is -0.00541 e. The van der Waals surface area contributed by atoms with Crippen molar-refractivity contribution in [2.75, 3.05) is 0 Å². The van der Waals surface area contributed by atoms with E-state index in [0.717, 1.165) is 14.7 Å². The van der Waals surface area contributed by atoms with Crippen molar-refractivity contribution in [2.45, 2.75) is 6.16 Å². The van der Waals surface area contributed by atoms with Crippen LogP contribution in [0.2, 0.25) is 0 Å². The molecule has 0 bridgehead atoms. The second-order valence-electron chi connectivity index (χ2n) is 4.36. The van der Waals surface area contributed by atoms with Crippen LogP contribution in [0.4, 0.5) is 0 Å². The summed E-state index contributed by atoms with van der Waals surface area (Å²) in [6.45, 7) is 0. The summed E-state index contributed by atoms with van der Waals surface area (Å²) < 4.78 is 0. The summed E-state index contributed by atoms with van der Waals surface area (Å²) in [5, 5.41) is 4.17. The Morgan fingerprint density at radius 1 is 0.667 bits per heavy atom. The first-order valence-corrected chi connectivity index (χ1v) is 7.40. The molecule has 1 heteroatoms. The molecule has 1 unspecified atom stereocenters. The molecule has 0 aliphatic carbocycles. The molecule has 0 aromatic heterocycles. The minimum absolute atomic E-state index is 0.845. The summed E-state index contributed by atoms with van der Waals surface area (Å²) in [7, 11) is 0.845. The molecule has 0 N–H and O–H groups in total. The van der Waals surface area contributed by atoms with Crippen molar-refractivity contribution in [2.24, 2.45) is 0 Å². The molecule has 3 aromatic rings. The van der Waals surface area contributed by atoms with E-state index in [9.17, 15) is 0 Å². The van der Waals surface area contributed by atoms with Crippen LogP contribution < -0.4 is 5.30 Å². The number of hydrogen-bond acceptors (Lipinski definition) is 0. The zero-order valence-corrected chi connectivity index (χ0v) is 11.1. The summed E-state index contributed by atoms with van der Waals surface area (Å²) in [5.41, 5.74) is 1.45. The van der Waals surface area contributed by atoms with Crippen LogP contribution in [0.3, 0.4) is 0 Å². The summed E-state index contributed by atoms with van der Waals surface area (Å²) in [4.78, 5) is 0. The van der Waals surface area contributed by atoms with Gasteiger partial charge in [0.25, 0.3) is 0 Å². The van der Waals surface area contributed by atoms with Gasteiger partial charge in [-0.3, -0.25) is 0 Å². The fourth-order valence-corrected chi connectivity index (χ4v) is 3.33. The average Bonchev–Trinajstić information content (AvgIpc) is 2.46. The lowest BCUT2D eigenvalue weighted by molar-refractivity contribution is 1.46. The van der Waals surface area contributed by atoms with Crippen LogP contribution >= 0.6 is 8.58 Å². The highest BCUT2D eigenvalue weighted by atomic mass is 31.1. The predicted molar refractivity (Wildman–Crippen MR) is 82.0 cm³/mol. The molecule has 1 atom stereocenters. The van der Waals surface area contributed by atoms with Gasteiger partial charge in [0, 0.05) is 0 Å². The molecule has 0 heterocycles. The van der Waals surface area contributed by atoms with Gasteiger partial charge in [0.15, 0.2) is 0 Å². The molecule has 18 heavy (non-hydrogen) atoms. The van der Waals surface area contributed by atoms with Crippen LogP contribution in [0, 0.1) is 0 Å². The van der Waals surface area contributed by atoms with Gasteiger partial charge >= 0.3 is 0 Å². The van der Waals surface area contributed by atoms with Gasteiger partial charge in [-0.25, -0.2) is 0 Å². The van der Waals surface area contributed by atoms with Crippen molar-refractivity contribution >= 4 is 24.7 Å².